The van der Waals surface area contributed by atoms with Crippen LogP contribution in [0.5, 0.6) is 23.0 Å². The minimum Gasteiger partial charge on any atom is -1.00 e. The summed E-state index contributed by atoms with van der Waals surface area (Å²) in [6.07, 6.45) is 0.442. The Bertz CT molecular complexity index is 795. The molecule has 3 radical (unpaired) electrons. The molecule has 0 fully saturated rings. The molecule has 131 valence electrons. The molecule has 26 heavy (non-hydrogen) atoms. The first-order valence-corrected chi connectivity index (χ1v) is 6.85. The number of benzene rings is 2. The molecule has 6 nitrogen and oxygen atoms in total. The molecular weight excluding hydrogens is 360 g/mol. The third kappa shape index (κ3) is 4.67. The van der Waals surface area contributed by atoms with Crippen molar-refractivity contribution in [2.24, 2.45) is 0 Å². The van der Waals surface area contributed by atoms with Gasteiger partial charge in [0.05, 0.1) is 12.2 Å². The van der Waals surface area contributed by atoms with Gasteiger partial charge in [0.1, 0.15) is 11.6 Å². The van der Waals surface area contributed by atoms with Gasteiger partial charge in [-0.3, -0.25) is 4.79 Å². The van der Waals surface area contributed by atoms with Crippen molar-refractivity contribution >= 4 is 14.7 Å². The number of halogens is 2. The van der Waals surface area contributed by atoms with E-state index in [-0.39, 0.29) is 70.7 Å². The third-order valence-electron chi connectivity index (χ3n) is 3.33. The monoisotopic (exact) mass is 373 g/mol. The van der Waals surface area contributed by atoms with Crippen LogP contribution in [0.25, 0.3) is 0 Å². The summed E-state index contributed by atoms with van der Waals surface area (Å²) in [5.41, 5.74) is 0.207. The number of aliphatic hydroxyl groups excluding tert-OH is 1. The van der Waals surface area contributed by atoms with E-state index in [0.29, 0.717) is 29.3 Å². The SMILES string of the molecule is O=Cc1cc2c(cc1F)OCO2.OCc1cc2c(cc1F)OCO2.[B].[H-].[Na+]. The number of rotatable bonds is 2. The summed E-state index contributed by atoms with van der Waals surface area (Å²) in [5.74, 6) is 0.581. The molecule has 0 amide bonds. The molecule has 0 saturated carbocycles. The molecule has 2 aliphatic rings. The average molecular weight is 373 g/mol. The summed E-state index contributed by atoms with van der Waals surface area (Å²) in [4.78, 5) is 10.3. The summed E-state index contributed by atoms with van der Waals surface area (Å²) < 4.78 is 45.6. The van der Waals surface area contributed by atoms with Crippen molar-refractivity contribution in [1.29, 1.82) is 0 Å². The maximum absolute atomic E-state index is 12.9. The van der Waals surface area contributed by atoms with Crippen LogP contribution >= 0.6 is 0 Å². The van der Waals surface area contributed by atoms with Crippen LogP contribution in [0, 0.1) is 11.6 Å². The molecule has 0 aromatic heterocycles. The second kappa shape index (κ2) is 9.77. The molecule has 1 N–H and O–H groups in total. The van der Waals surface area contributed by atoms with E-state index in [1.54, 1.807) is 0 Å². The largest absolute Gasteiger partial charge is 1.00 e. The number of carbonyl (C=O) groups is 1. The van der Waals surface area contributed by atoms with Gasteiger partial charge in [0.2, 0.25) is 13.6 Å². The number of hydrogen-bond donors (Lipinski definition) is 1. The van der Waals surface area contributed by atoms with Crippen LogP contribution in [0.4, 0.5) is 8.78 Å². The first-order chi connectivity index (χ1) is 11.6. The van der Waals surface area contributed by atoms with Gasteiger partial charge in [0, 0.05) is 26.1 Å². The molecule has 0 saturated heterocycles. The number of aldehydes is 1. The van der Waals surface area contributed by atoms with E-state index in [4.69, 9.17) is 24.1 Å². The molecule has 2 aliphatic heterocycles. The summed E-state index contributed by atoms with van der Waals surface area (Å²) in [5, 5.41) is 8.71. The van der Waals surface area contributed by atoms with E-state index in [2.05, 4.69) is 0 Å². The number of aliphatic hydroxyl groups is 1. The van der Waals surface area contributed by atoms with Crippen molar-refractivity contribution in [3.63, 3.8) is 0 Å². The van der Waals surface area contributed by atoms with Crippen LogP contribution in [0.15, 0.2) is 24.3 Å². The number of carbonyl (C=O) groups excluding carboxylic acids is 1. The number of fused-ring (bicyclic) bond motifs is 2. The van der Waals surface area contributed by atoms with E-state index in [0.717, 1.165) is 6.07 Å². The smallest absolute Gasteiger partial charge is 1.00 e. The first kappa shape index (κ1) is 22.2. The van der Waals surface area contributed by atoms with Crippen molar-refractivity contribution in [1.82, 2.24) is 0 Å². The number of ether oxygens (including phenoxy) is 4. The molecule has 0 bridgehead atoms. The Morgan fingerprint density at radius 3 is 1.88 bits per heavy atom. The predicted octanol–water partition coefficient (Wildman–Crippen LogP) is -0.851. The van der Waals surface area contributed by atoms with Crippen molar-refractivity contribution in [3.05, 3.63) is 47.0 Å². The Labute approximate surface area is 173 Å². The Morgan fingerprint density at radius 1 is 0.923 bits per heavy atom. The first-order valence-electron chi connectivity index (χ1n) is 6.85. The molecular formula is C16H13BF2NaO6. The van der Waals surface area contributed by atoms with Gasteiger partial charge in [-0.2, -0.15) is 0 Å². The van der Waals surface area contributed by atoms with Gasteiger partial charge in [0.15, 0.2) is 29.3 Å². The quantitative estimate of drug-likeness (QED) is 0.546. The zero-order valence-corrected chi connectivity index (χ0v) is 15.8. The molecule has 2 aromatic rings. The Balaban J connectivity index is 0.000000451. The van der Waals surface area contributed by atoms with E-state index in [1.165, 1.54) is 18.2 Å². The van der Waals surface area contributed by atoms with Crippen molar-refractivity contribution in [2.75, 3.05) is 13.6 Å². The summed E-state index contributed by atoms with van der Waals surface area (Å²) in [6.45, 7) is -0.136. The van der Waals surface area contributed by atoms with Crippen molar-refractivity contribution in [2.45, 2.75) is 6.61 Å². The maximum Gasteiger partial charge on any atom is 1.00 e. The fourth-order valence-corrected chi connectivity index (χ4v) is 2.10. The maximum atomic E-state index is 12.9. The van der Waals surface area contributed by atoms with Gasteiger partial charge in [0.25, 0.3) is 0 Å². The predicted molar refractivity (Wildman–Crippen MR) is 83.2 cm³/mol. The molecule has 2 heterocycles. The minimum atomic E-state index is -0.589. The molecule has 10 heteroatoms. The van der Waals surface area contributed by atoms with E-state index in [1.807, 2.05) is 0 Å². The molecule has 4 rings (SSSR count). The fraction of sp³-hybridized carbons (Fsp3) is 0.188. The van der Waals surface area contributed by atoms with Crippen LogP contribution in [-0.2, 0) is 6.61 Å². The number of hydrogen-bond acceptors (Lipinski definition) is 6. The van der Waals surface area contributed by atoms with Gasteiger partial charge < -0.3 is 25.5 Å². The minimum absolute atomic E-state index is 0. The second-order valence-electron chi connectivity index (χ2n) is 4.80. The van der Waals surface area contributed by atoms with Gasteiger partial charge in [-0.15, -0.1) is 0 Å². The fourth-order valence-electron chi connectivity index (χ4n) is 2.10. The summed E-state index contributed by atoms with van der Waals surface area (Å²) in [6, 6.07) is 5.13. The van der Waals surface area contributed by atoms with Crippen LogP contribution < -0.4 is 48.5 Å². The summed E-state index contributed by atoms with van der Waals surface area (Å²) >= 11 is 0. The van der Waals surface area contributed by atoms with Crippen LogP contribution in [0.2, 0.25) is 0 Å². The molecule has 2 aromatic carbocycles. The van der Waals surface area contributed by atoms with Gasteiger partial charge in [-0.1, -0.05) is 0 Å². The van der Waals surface area contributed by atoms with Crippen LogP contribution in [0.3, 0.4) is 0 Å². The zero-order valence-electron chi connectivity index (χ0n) is 14.8. The van der Waals surface area contributed by atoms with E-state index >= 15 is 0 Å². The average Bonchev–Trinajstić information content (AvgIpc) is 3.21. The Hall–Kier alpha value is -1.81. The van der Waals surface area contributed by atoms with E-state index < -0.39 is 11.6 Å². The Morgan fingerprint density at radius 2 is 1.38 bits per heavy atom. The third-order valence-corrected chi connectivity index (χ3v) is 3.33. The van der Waals surface area contributed by atoms with Crippen molar-refractivity contribution in [3.8, 4) is 23.0 Å². The van der Waals surface area contributed by atoms with Crippen LogP contribution in [-0.4, -0.2) is 33.4 Å². The van der Waals surface area contributed by atoms with Crippen LogP contribution in [0.1, 0.15) is 17.3 Å². The topological polar surface area (TPSA) is 74.2 Å². The van der Waals surface area contributed by atoms with Gasteiger partial charge in [-0.25, -0.2) is 8.78 Å². The van der Waals surface area contributed by atoms with Gasteiger partial charge >= 0.3 is 29.6 Å². The zero-order chi connectivity index (χ0) is 17.1. The molecule has 0 aliphatic carbocycles. The van der Waals surface area contributed by atoms with E-state index in [9.17, 15) is 13.6 Å². The van der Waals surface area contributed by atoms with Gasteiger partial charge in [-0.05, 0) is 12.1 Å². The standard InChI is InChI=1S/C8H7FO3.C8H5FO3.B.Na.H/c2*9-6-2-8-7(11-4-12-8)1-5(6)3-10;;;/h1-2,10H,3-4H2;1-3H,4H2;;;/q;;;+1;-1. The second-order valence-corrected chi connectivity index (χ2v) is 4.80. The molecule has 0 spiro atoms. The molecule has 0 atom stereocenters. The summed E-state index contributed by atoms with van der Waals surface area (Å²) in [7, 11) is 0. The Kier molecular flexibility index (Phi) is 8.36. The molecule has 0 unspecified atom stereocenters. The normalized spacial score (nSPS) is 12.3. The van der Waals surface area contributed by atoms with Crippen molar-refractivity contribution < 1.29 is 68.6 Å².